The van der Waals surface area contributed by atoms with Crippen molar-refractivity contribution in [2.75, 3.05) is 6.54 Å². The summed E-state index contributed by atoms with van der Waals surface area (Å²) >= 11 is 0. The van der Waals surface area contributed by atoms with Crippen LogP contribution >= 0.6 is 12.4 Å². The highest BCUT2D eigenvalue weighted by atomic mass is 35.5. The van der Waals surface area contributed by atoms with E-state index in [1.807, 2.05) is 26.0 Å². The van der Waals surface area contributed by atoms with Gasteiger partial charge in [-0.3, -0.25) is 4.79 Å². The number of sulfonamides is 1. The molecule has 0 aromatic heterocycles. The minimum atomic E-state index is -3.42. The molecular weight excluding hydrogens is 374 g/mol. The monoisotopic (exact) mass is 405 g/mol. The number of hydrogen-bond donors (Lipinski definition) is 3. The van der Waals surface area contributed by atoms with Crippen molar-refractivity contribution in [2.45, 2.75) is 58.9 Å². The molecule has 0 fully saturated rings. The SMILES string of the molecule is CCC(CC)(CN)C(=O)NCc1ccccc1CS(=O)(=O)NC(C)C.Cl. The first-order chi connectivity index (χ1) is 11.7. The Labute approximate surface area is 163 Å². The third-order valence-corrected chi connectivity index (χ3v) is 6.07. The molecule has 0 radical (unpaired) electrons. The highest BCUT2D eigenvalue weighted by Crippen LogP contribution is 2.25. The molecule has 0 spiro atoms. The summed E-state index contributed by atoms with van der Waals surface area (Å²) in [7, 11) is -3.42. The lowest BCUT2D eigenvalue weighted by atomic mass is 9.81. The maximum absolute atomic E-state index is 12.6. The van der Waals surface area contributed by atoms with E-state index in [0.717, 1.165) is 5.56 Å². The summed E-state index contributed by atoms with van der Waals surface area (Å²) in [6.45, 7) is 8.05. The van der Waals surface area contributed by atoms with Crippen LogP contribution in [0.3, 0.4) is 0 Å². The van der Waals surface area contributed by atoms with Gasteiger partial charge in [0.1, 0.15) is 0 Å². The van der Waals surface area contributed by atoms with E-state index in [0.29, 0.717) is 24.9 Å². The molecule has 1 rings (SSSR count). The van der Waals surface area contributed by atoms with Crippen LogP contribution in [0.15, 0.2) is 24.3 Å². The average molecular weight is 406 g/mol. The molecule has 0 unspecified atom stereocenters. The van der Waals surface area contributed by atoms with Gasteiger partial charge in [-0.25, -0.2) is 13.1 Å². The molecular formula is C18H32ClN3O3S. The summed E-state index contributed by atoms with van der Waals surface area (Å²) in [6, 6.07) is 7.09. The molecule has 1 amide bonds. The van der Waals surface area contributed by atoms with Crippen molar-refractivity contribution in [1.29, 1.82) is 0 Å². The molecule has 0 aliphatic carbocycles. The molecule has 0 aliphatic rings. The largest absolute Gasteiger partial charge is 0.351 e. The Morgan fingerprint density at radius 2 is 1.69 bits per heavy atom. The number of amides is 1. The molecule has 4 N–H and O–H groups in total. The summed E-state index contributed by atoms with van der Waals surface area (Å²) in [6.07, 6.45) is 1.33. The molecule has 0 bridgehead atoms. The van der Waals surface area contributed by atoms with Crippen LogP contribution in [0, 0.1) is 5.41 Å². The number of halogens is 1. The fraction of sp³-hybridized carbons (Fsp3) is 0.611. The molecule has 8 heteroatoms. The Balaban J connectivity index is 0.00000625. The molecule has 1 aromatic rings. The first kappa shape index (κ1) is 24.8. The van der Waals surface area contributed by atoms with E-state index in [1.165, 1.54) is 0 Å². The van der Waals surface area contributed by atoms with Crippen LogP contribution in [0.25, 0.3) is 0 Å². The van der Waals surface area contributed by atoms with Crippen LogP contribution < -0.4 is 15.8 Å². The van der Waals surface area contributed by atoms with Gasteiger partial charge in [0.25, 0.3) is 0 Å². The third kappa shape index (κ3) is 6.87. The first-order valence-electron chi connectivity index (χ1n) is 8.74. The lowest BCUT2D eigenvalue weighted by molar-refractivity contribution is -0.131. The summed E-state index contributed by atoms with van der Waals surface area (Å²) in [4.78, 5) is 12.6. The maximum Gasteiger partial charge on any atom is 0.227 e. The summed E-state index contributed by atoms with van der Waals surface area (Å²) in [5.74, 6) is -0.196. The van der Waals surface area contributed by atoms with E-state index in [9.17, 15) is 13.2 Å². The standard InChI is InChI=1S/C18H31N3O3S.ClH/c1-5-18(6-2,13-19)17(22)20-11-15-9-7-8-10-16(15)12-25(23,24)21-14(3)4;/h7-10,14,21H,5-6,11-13,19H2,1-4H3,(H,20,22);1H. The molecule has 26 heavy (non-hydrogen) atoms. The maximum atomic E-state index is 12.6. The number of carbonyl (C=O) groups is 1. The number of benzene rings is 1. The van der Waals surface area contributed by atoms with Crippen LogP contribution in [0.4, 0.5) is 0 Å². The quantitative estimate of drug-likeness (QED) is 0.555. The summed E-state index contributed by atoms with van der Waals surface area (Å²) < 4.78 is 26.9. The molecule has 6 nitrogen and oxygen atoms in total. The minimum absolute atomic E-state index is 0. The molecule has 0 saturated carbocycles. The minimum Gasteiger partial charge on any atom is -0.351 e. The van der Waals surface area contributed by atoms with E-state index >= 15 is 0 Å². The van der Waals surface area contributed by atoms with Gasteiger partial charge >= 0.3 is 0 Å². The van der Waals surface area contributed by atoms with Gasteiger partial charge in [0.2, 0.25) is 15.9 Å². The Bertz CT molecular complexity index is 666. The van der Waals surface area contributed by atoms with E-state index < -0.39 is 15.4 Å². The van der Waals surface area contributed by atoms with Crippen molar-refractivity contribution in [3.8, 4) is 0 Å². The summed E-state index contributed by atoms with van der Waals surface area (Å²) in [5.41, 5.74) is 6.72. The first-order valence-corrected chi connectivity index (χ1v) is 10.4. The van der Waals surface area contributed by atoms with Crippen LogP contribution in [-0.2, 0) is 27.1 Å². The van der Waals surface area contributed by atoms with Gasteiger partial charge in [0, 0.05) is 19.1 Å². The Morgan fingerprint density at radius 3 is 2.15 bits per heavy atom. The van der Waals surface area contributed by atoms with Gasteiger partial charge in [-0.2, -0.15) is 0 Å². The van der Waals surface area contributed by atoms with E-state index in [2.05, 4.69) is 10.0 Å². The number of carbonyl (C=O) groups excluding carboxylic acids is 1. The van der Waals surface area contributed by atoms with Crippen LogP contribution in [-0.4, -0.2) is 26.9 Å². The van der Waals surface area contributed by atoms with E-state index in [4.69, 9.17) is 5.73 Å². The molecule has 0 atom stereocenters. The van der Waals surface area contributed by atoms with Crippen molar-refractivity contribution in [3.05, 3.63) is 35.4 Å². The lowest BCUT2D eigenvalue weighted by Crippen LogP contribution is -2.45. The molecule has 1 aromatic carbocycles. The zero-order valence-corrected chi connectivity index (χ0v) is 17.7. The van der Waals surface area contributed by atoms with Crippen molar-refractivity contribution >= 4 is 28.3 Å². The van der Waals surface area contributed by atoms with Crippen LogP contribution in [0.1, 0.15) is 51.7 Å². The molecule has 0 saturated heterocycles. The van der Waals surface area contributed by atoms with Gasteiger partial charge < -0.3 is 11.1 Å². The van der Waals surface area contributed by atoms with Gasteiger partial charge in [0.15, 0.2) is 0 Å². The smallest absolute Gasteiger partial charge is 0.227 e. The number of nitrogens with one attached hydrogen (secondary N) is 2. The highest BCUT2D eigenvalue weighted by molar-refractivity contribution is 7.88. The van der Waals surface area contributed by atoms with Crippen molar-refractivity contribution in [1.82, 2.24) is 10.0 Å². The number of hydrogen-bond acceptors (Lipinski definition) is 4. The summed E-state index contributed by atoms with van der Waals surface area (Å²) in [5, 5.41) is 2.93. The van der Waals surface area contributed by atoms with Gasteiger partial charge in [-0.1, -0.05) is 38.1 Å². The second kappa shape index (κ2) is 10.9. The Kier molecular flexibility index (Phi) is 10.4. The number of nitrogens with two attached hydrogens (primary N) is 1. The number of rotatable bonds is 10. The molecule has 0 aliphatic heterocycles. The predicted molar refractivity (Wildman–Crippen MR) is 109 cm³/mol. The average Bonchev–Trinajstić information content (AvgIpc) is 2.54. The van der Waals surface area contributed by atoms with Crippen molar-refractivity contribution in [3.63, 3.8) is 0 Å². The zero-order valence-electron chi connectivity index (χ0n) is 16.0. The Hall–Kier alpha value is -1.15. The van der Waals surface area contributed by atoms with Gasteiger partial charge in [-0.15, -0.1) is 12.4 Å². The zero-order chi connectivity index (χ0) is 19.1. The lowest BCUT2D eigenvalue weighted by Gasteiger charge is -2.28. The van der Waals surface area contributed by atoms with Crippen molar-refractivity contribution in [2.24, 2.45) is 11.1 Å². The normalized spacial score (nSPS) is 11.9. The molecule has 0 heterocycles. The topological polar surface area (TPSA) is 101 Å². The second-order valence-electron chi connectivity index (χ2n) is 6.67. The van der Waals surface area contributed by atoms with Crippen molar-refractivity contribution < 1.29 is 13.2 Å². The highest BCUT2D eigenvalue weighted by Gasteiger charge is 2.33. The second-order valence-corrected chi connectivity index (χ2v) is 8.43. The Morgan fingerprint density at radius 1 is 1.15 bits per heavy atom. The fourth-order valence-corrected chi connectivity index (χ4v) is 4.28. The van der Waals surface area contributed by atoms with Crippen LogP contribution in [0.5, 0.6) is 0 Å². The molecule has 150 valence electrons. The fourth-order valence-electron chi connectivity index (χ4n) is 2.79. The van der Waals surface area contributed by atoms with Crippen LogP contribution in [0.2, 0.25) is 0 Å². The van der Waals surface area contributed by atoms with Gasteiger partial charge in [0.05, 0.1) is 11.2 Å². The third-order valence-electron chi connectivity index (χ3n) is 4.54. The predicted octanol–water partition coefficient (Wildman–Crippen LogP) is 2.32. The van der Waals surface area contributed by atoms with Gasteiger partial charge in [-0.05, 0) is 37.8 Å². The van der Waals surface area contributed by atoms with E-state index in [1.54, 1.807) is 26.0 Å². The van der Waals surface area contributed by atoms with E-state index in [-0.39, 0.29) is 36.7 Å².